The van der Waals surface area contributed by atoms with E-state index < -0.39 is 27.3 Å². The maximum Gasteiger partial charge on any atom is 0.325 e. The van der Waals surface area contributed by atoms with Crippen LogP contribution in [0.4, 0.5) is 5.13 Å². The summed E-state index contributed by atoms with van der Waals surface area (Å²) in [7, 11) is -2.78. The highest BCUT2D eigenvalue weighted by Crippen LogP contribution is 2.22. The van der Waals surface area contributed by atoms with Crippen LogP contribution in [0.15, 0.2) is 5.38 Å². The highest BCUT2D eigenvalue weighted by molar-refractivity contribution is 7.94. The van der Waals surface area contributed by atoms with E-state index in [1.165, 1.54) is 19.2 Å². The molecule has 0 spiro atoms. The second kappa shape index (κ2) is 5.63. The minimum Gasteiger partial charge on any atom is -0.468 e. The Morgan fingerprint density at radius 2 is 2.17 bits per heavy atom. The summed E-state index contributed by atoms with van der Waals surface area (Å²) in [6.07, 6.45) is -0.780. The predicted octanol–water partition coefficient (Wildman–Crippen LogP) is 0.500. The van der Waals surface area contributed by atoms with Crippen molar-refractivity contribution in [1.82, 2.24) is 4.98 Å². The Hall–Kier alpha value is -1.19. The van der Waals surface area contributed by atoms with Gasteiger partial charge >= 0.3 is 5.97 Å². The summed E-state index contributed by atoms with van der Waals surface area (Å²) in [5.74, 6) is -0.852. The van der Waals surface area contributed by atoms with Gasteiger partial charge < -0.3 is 9.84 Å². The molecule has 7 nitrogen and oxygen atoms in total. The van der Waals surface area contributed by atoms with Crippen LogP contribution in [0, 0.1) is 0 Å². The number of nitrogens with one attached hydrogen (secondary N) is 1. The van der Waals surface area contributed by atoms with E-state index in [4.69, 9.17) is 0 Å². The molecule has 0 bridgehead atoms. The first-order valence-corrected chi connectivity index (χ1v) is 7.43. The molecule has 0 aliphatic heterocycles. The van der Waals surface area contributed by atoms with Crippen molar-refractivity contribution in [2.24, 2.45) is 0 Å². The summed E-state index contributed by atoms with van der Waals surface area (Å²) in [6, 6.07) is 0. The Balaban J connectivity index is 2.85. The molecule has 1 aromatic rings. The zero-order valence-electron chi connectivity index (χ0n) is 10.1. The number of esters is 1. The minimum atomic E-state index is -3.90. The third-order valence-corrected chi connectivity index (χ3v) is 4.68. The van der Waals surface area contributed by atoms with Crippen LogP contribution in [0.3, 0.4) is 0 Å². The van der Waals surface area contributed by atoms with Gasteiger partial charge in [-0.1, -0.05) is 0 Å². The fraction of sp³-hybridized carbons (Fsp3) is 0.556. The van der Waals surface area contributed by atoms with E-state index in [9.17, 15) is 18.3 Å². The highest BCUT2D eigenvalue weighted by atomic mass is 32.2. The van der Waals surface area contributed by atoms with Crippen molar-refractivity contribution in [2.75, 3.05) is 11.8 Å². The van der Waals surface area contributed by atoms with E-state index in [1.54, 1.807) is 0 Å². The van der Waals surface area contributed by atoms with Gasteiger partial charge in [0.1, 0.15) is 0 Å². The smallest absolute Gasteiger partial charge is 0.325 e. The van der Waals surface area contributed by atoms with E-state index in [0.29, 0.717) is 5.69 Å². The highest BCUT2D eigenvalue weighted by Gasteiger charge is 2.29. The van der Waals surface area contributed by atoms with Crippen molar-refractivity contribution < 1.29 is 23.1 Å². The molecule has 102 valence electrons. The fourth-order valence-electron chi connectivity index (χ4n) is 1.03. The second-order valence-electron chi connectivity index (χ2n) is 3.57. The Labute approximate surface area is 109 Å². The van der Waals surface area contributed by atoms with Crippen LogP contribution in [0.5, 0.6) is 0 Å². The second-order valence-corrected chi connectivity index (χ2v) is 6.43. The predicted molar refractivity (Wildman–Crippen MR) is 66.8 cm³/mol. The number of nitrogens with zero attached hydrogens (tertiary/aromatic N) is 1. The molecular formula is C9H14N2O5S2. The van der Waals surface area contributed by atoms with Crippen molar-refractivity contribution in [2.45, 2.75) is 25.2 Å². The number of sulfonamides is 1. The van der Waals surface area contributed by atoms with E-state index in [-0.39, 0.29) is 5.13 Å². The minimum absolute atomic E-state index is 0.0988. The molecule has 0 aromatic carbocycles. The van der Waals surface area contributed by atoms with Gasteiger partial charge in [0, 0.05) is 5.38 Å². The molecule has 9 heteroatoms. The van der Waals surface area contributed by atoms with Gasteiger partial charge in [0.2, 0.25) is 10.0 Å². The zero-order chi connectivity index (χ0) is 13.9. The molecule has 1 heterocycles. The number of aromatic nitrogens is 1. The third-order valence-electron chi connectivity index (χ3n) is 2.18. The van der Waals surface area contributed by atoms with Crippen LogP contribution in [0.2, 0.25) is 0 Å². The number of aliphatic hydroxyl groups is 1. The van der Waals surface area contributed by atoms with Gasteiger partial charge in [0.25, 0.3) is 0 Å². The summed E-state index contributed by atoms with van der Waals surface area (Å²) in [5.41, 5.74) is 0.364. The van der Waals surface area contributed by atoms with Crippen molar-refractivity contribution in [3.63, 3.8) is 0 Å². The number of ether oxygens (including phenoxy) is 1. The molecular weight excluding hydrogens is 280 g/mol. The number of methoxy groups -OCH3 is 1. The number of anilines is 1. The van der Waals surface area contributed by atoms with Crippen molar-refractivity contribution in [3.8, 4) is 0 Å². The molecule has 2 atom stereocenters. The van der Waals surface area contributed by atoms with Crippen LogP contribution < -0.4 is 4.72 Å². The third kappa shape index (κ3) is 3.40. The average molecular weight is 294 g/mol. The first kappa shape index (κ1) is 14.9. The SMILES string of the molecule is COC(=O)C(C)S(=O)(=O)Nc1nc(C(C)O)cs1. The van der Waals surface area contributed by atoms with Crippen LogP contribution >= 0.6 is 11.3 Å². The van der Waals surface area contributed by atoms with Gasteiger partial charge in [0.05, 0.1) is 18.9 Å². The Morgan fingerprint density at radius 1 is 1.56 bits per heavy atom. The molecule has 0 saturated carbocycles. The number of aliphatic hydroxyl groups excluding tert-OH is 1. The van der Waals surface area contributed by atoms with Gasteiger partial charge in [-0.3, -0.25) is 9.52 Å². The van der Waals surface area contributed by atoms with E-state index in [1.807, 2.05) is 0 Å². The lowest BCUT2D eigenvalue weighted by Gasteiger charge is -2.10. The number of carbonyl (C=O) groups excluding carboxylic acids is 1. The van der Waals surface area contributed by atoms with Crippen molar-refractivity contribution >= 4 is 32.5 Å². The number of carbonyl (C=O) groups is 1. The summed E-state index contributed by atoms with van der Waals surface area (Å²) in [6.45, 7) is 2.74. The lowest BCUT2D eigenvalue weighted by molar-refractivity contribution is -0.139. The Bertz CT molecular complexity index is 523. The van der Waals surface area contributed by atoms with Crippen molar-refractivity contribution in [3.05, 3.63) is 11.1 Å². The summed E-state index contributed by atoms with van der Waals surface area (Å²) in [4.78, 5) is 15.1. The fourth-order valence-corrected chi connectivity index (χ4v) is 3.02. The van der Waals surface area contributed by atoms with Gasteiger partial charge in [-0.15, -0.1) is 11.3 Å². The molecule has 0 radical (unpaired) electrons. The molecule has 1 aromatic heterocycles. The molecule has 2 N–H and O–H groups in total. The topological polar surface area (TPSA) is 106 Å². The first-order chi connectivity index (χ1) is 8.27. The molecule has 0 fully saturated rings. The molecule has 0 amide bonds. The normalized spacial score (nSPS) is 14.9. The van der Waals surface area contributed by atoms with E-state index in [2.05, 4.69) is 14.4 Å². The van der Waals surface area contributed by atoms with Crippen LogP contribution in [0.25, 0.3) is 0 Å². The van der Waals surface area contributed by atoms with Gasteiger partial charge in [-0.2, -0.15) is 0 Å². The zero-order valence-corrected chi connectivity index (χ0v) is 11.7. The summed E-state index contributed by atoms with van der Waals surface area (Å²) in [5, 5.41) is 9.56. The number of hydrogen-bond donors (Lipinski definition) is 2. The number of hydrogen-bond acceptors (Lipinski definition) is 7. The Morgan fingerprint density at radius 3 is 2.61 bits per heavy atom. The standard InChI is InChI=1S/C9H14N2O5S2/c1-5(12)7-4-17-9(10-7)11-18(14,15)6(2)8(13)16-3/h4-6,12H,1-3H3,(H,10,11). The van der Waals surface area contributed by atoms with Gasteiger partial charge in [-0.05, 0) is 13.8 Å². The molecule has 1 rings (SSSR count). The van der Waals surface area contributed by atoms with Crippen LogP contribution in [-0.2, 0) is 19.6 Å². The first-order valence-electron chi connectivity index (χ1n) is 5.01. The van der Waals surface area contributed by atoms with Crippen LogP contribution in [-0.4, -0.2) is 36.8 Å². The average Bonchev–Trinajstić information content (AvgIpc) is 2.74. The maximum atomic E-state index is 11.8. The monoisotopic (exact) mass is 294 g/mol. The molecule has 0 aliphatic carbocycles. The van der Waals surface area contributed by atoms with E-state index >= 15 is 0 Å². The molecule has 2 unspecified atom stereocenters. The number of rotatable bonds is 5. The Kier molecular flexibility index (Phi) is 4.65. The molecule has 18 heavy (non-hydrogen) atoms. The quantitative estimate of drug-likeness (QED) is 0.766. The largest absolute Gasteiger partial charge is 0.468 e. The van der Waals surface area contributed by atoms with Gasteiger partial charge in [0.15, 0.2) is 10.4 Å². The molecule has 0 saturated heterocycles. The van der Waals surface area contributed by atoms with Crippen molar-refractivity contribution in [1.29, 1.82) is 0 Å². The van der Waals surface area contributed by atoms with E-state index in [0.717, 1.165) is 18.4 Å². The summed E-state index contributed by atoms with van der Waals surface area (Å²) >= 11 is 1.03. The lowest BCUT2D eigenvalue weighted by Crippen LogP contribution is -2.33. The lowest BCUT2D eigenvalue weighted by atomic mass is 10.3. The van der Waals surface area contributed by atoms with Crippen LogP contribution in [0.1, 0.15) is 25.6 Å². The summed E-state index contributed by atoms with van der Waals surface area (Å²) < 4.78 is 30.1. The molecule has 0 aliphatic rings. The number of thiazole rings is 1. The van der Waals surface area contributed by atoms with Gasteiger partial charge in [-0.25, -0.2) is 13.4 Å². The maximum absolute atomic E-state index is 11.8.